The zero-order valence-corrected chi connectivity index (χ0v) is 15.0. The number of nitrogens with zero attached hydrogens (tertiary/aromatic N) is 4. The lowest BCUT2D eigenvalue weighted by atomic mass is 10.2. The fourth-order valence-corrected chi connectivity index (χ4v) is 3.10. The van der Waals surface area contributed by atoms with Crippen molar-refractivity contribution in [1.29, 1.82) is 0 Å². The molecule has 2 rings (SSSR count). The average Bonchev–Trinajstić information content (AvgIpc) is 3.18. The van der Waals surface area contributed by atoms with Gasteiger partial charge in [0.25, 0.3) is 0 Å². The van der Waals surface area contributed by atoms with Crippen molar-refractivity contribution in [3.63, 3.8) is 0 Å². The summed E-state index contributed by atoms with van der Waals surface area (Å²) in [6.07, 6.45) is 10.0. The first kappa shape index (κ1) is 17.5. The largest absolute Gasteiger partial charge is 0.356 e. The predicted molar refractivity (Wildman–Crippen MR) is 96.1 cm³/mol. The third-order valence-corrected chi connectivity index (χ3v) is 4.70. The van der Waals surface area contributed by atoms with Crippen molar-refractivity contribution < 1.29 is 0 Å². The van der Waals surface area contributed by atoms with Crippen LogP contribution in [0.4, 0.5) is 0 Å². The second-order valence-corrected chi connectivity index (χ2v) is 6.58. The highest BCUT2D eigenvalue weighted by Gasteiger charge is 2.02. The number of nitrogens with one attached hydrogen (secondary N) is 2. The van der Waals surface area contributed by atoms with Crippen LogP contribution in [0.1, 0.15) is 28.8 Å². The smallest absolute Gasteiger partial charge is 0.190 e. The van der Waals surface area contributed by atoms with Crippen LogP contribution in [-0.4, -0.2) is 40.9 Å². The van der Waals surface area contributed by atoms with Crippen molar-refractivity contribution in [3.8, 4) is 0 Å². The molecule has 0 spiro atoms. The first-order valence-electron chi connectivity index (χ1n) is 8.07. The van der Waals surface area contributed by atoms with Gasteiger partial charge in [0.1, 0.15) is 0 Å². The molecule has 2 heterocycles. The molecule has 2 N–H and O–H groups in total. The molecule has 126 valence electrons. The molecule has 0 aliphatic carbocycles. The summed E-state index contributed by atoms with van der Waals surface area (Å²) in [4.78, 5) is 10.0. The maximum atomic E-state index is 4.43. The van der Waals surface area contributed by atoms with Gasteiger partial charge in [0.15, 0.2) is 5.96 Å². The van der Waals surface area contributed by atoms with Crippen LogP contribution in [0.15, 0.2) is 23.6 Å². The highest BCUT2D eigenvalue weighted by atomic mass is 32.1. The Bertz CT molecular complexity index is 616. The standard InChI is InChI=1S/C16H26N6S/c1-4-14-11-20-15(23-14)7-9-19-16(17-2)18-8-5-6-13-10-21-22(3)12-13/h10-12H,4-9H2,1-3H3,(H2,17,18,19). The number of aryl methyl sites for hydroxylation is 3. The predicted octanol–water partition coefficient (Wildman–Crippen LogP) is 1.78. The van der Waals surface area contributed by atoms with Crippen LogP contribution < -0.4 is 10.6 Å². The van der Waals surface area contributed by atoms with Crippen LogP contribution in [0.5, 0.6) is 0 Å². The fraction of sp³-hybridized carbons (Fsp3) is 0.562. The zero-order chi connectivity index (χ0) is 16.5. The lowest BCUT2D eigenvalue weighted by molar-refractivity contribution is 0.736. The van der Waals surface area contributed by atoms with Crippen LogP contribution in [0, 0.1) is 0 Å². The van der Waals surface area contributed by atoms with E-state index < -0.39 is 0 Å². The molecule has 0 radical (unpaired) electrons. The SMILES string of the molecule is CCc1cnc(CCNC(=NC)NCCCc2cnn(C)c2)s1. The molecule has 0 aromatic carbocycles. The van der Waals surface area contributed by atoms with Crippen molar-refractivity contribution in [2.45, 2.75) is 32.6 Å². The second-order valence-electron chi connectivity index (χ2n) is 5.38. The minimum absolute atomic E-state index is 0.846. The summed E-state index contributed by atoms with van der Waals surface area (Å²) in [7, 11) is 3.74. The van der Waals surface area contributed by atoms with E-state index >= 15 is 0 Å². The summed E-state index contributed by atoms with van der Waals surface area (Å²) >= 11 is 1.79. The zero-order valence-electron chi connectivity index (χ0n) is 14.2. The van der Waals surface area contributed by atoms with Gasteiger partial charge in [-0.25, -0.2) is 4.98 Å². The maximum Gasteiger partial charge on any atom is 0.190 e. The van der Waals surface area contributed by atoms with E-state index in [2.05, 4.69) is 38.8 Å². The van der Waals surface area contributed by atoms with Gasteiger partial charge in [0.2, 0.25) is 0 Å². The molecule has 7 heteroatoms. The summed E-state index contributed by atoms with van der Waals surface area (Å²) in [5.41, 5.74) is 1.27. The lowest BCUT2D eigenvalue weighted by Crippen LogP contribution is -2.38. The Balaban J connectivity index is 1.61. The first-order valence-corrected chi connectivity index (χ1v) is 8.88. The monoisotopic (exact) mass is 334 g/mol. The van der Waals surface area contributed by atoms with Crippen LogP contribution >= 0.6 is 11.3 Å². The number of guanidine groups is 1. The van der Waals surface area contributed by atoms with E-state index in [1.54, 1.807) is 18.4 Å². The van der Waals surface area contributed by atoms with Crippen LogP contribution in [0.3, 0.4) is 0 Å². The molecule has 0 fully saturated rings. The Hall–Kier alpha value is -1.89. The lowest BCUT2D eigenvalue weighted by Gasteiger charge is -2.10. The Labute approximate surface area is 142 Å². The number of aliphatic imine (C=N–C) groups is 1. The Morgan fingerprint density at radius 3 is 2.74 bits per heavy atom. The van der Waals surface area contributed by atoms with Gasteiger partial charge in [-0.3, -0.25) is 9.67 Å². The molecular formula is C16H26N6S. The van der Waals surface area contributed by atoms with Crippen molar-refractivity contribution in [2.75, 3.05) is 20.1 Å². The molecule has 2 aromatic rings. The summed E-state index contributed by atoms with van der Waals surface area (Å²) < 4.78 is 1.84. The third kappa shape index (κ3) is 6.02. The van der Waals surface area contributed by atoms with Gasteiger partial charge in [0.05, 0.1) is 11.2 Å². The van der Waals surface area contributed by atoms with E-state index in [9.17, 15) is 0 Å². The average molecular weight is 334 g/mol. The first-order chi connectivity index (χ1) is 11.2. The molecule has 0 amide bonds. The van der Waals surface area contributed by atoms with E-state index in [0.29, 0.717) is 0 Å². The number of rotatable bonds is 8. The molecule has 0 unspecified atom stereocenters. The number of aromatic nitrogens is 3. The van der Waals surface area contributed by atoms with Gasteiger partial charge in [-0.05, 0) is 24.8 Å². The summed E-state index contributed by atoms with van der Waals surface area (Å²) in [6.45, 7) is 3.90. The van der Waals surface area contributed by atoms with Gasteiger partial charge in [-0.15, -0.1) is 11.3 Å². The molecule has 0 aliphatic rings. The minimum atomic E-state index is 0.846. The van der Waals surface area contributed by atoms with Gasteiger partial charge in [0, 0.05) is 50.9 Å². The van der Waals surface area contributed by atoms with Gasteiger partial charge in [-0.1, -0.05) is 6.92 Å². The van der Waals surface area contributed by atoms with E-state index in [1.807, 2.05) is 24.1 Å². The molecule has 6 nitrogen and oxygen atoms in total. The molecule has 0 aliphatic heterocycles. The summed E-state index contributed by atoms with van der Waals surface area (Å²) in [6, 6.07) is 0. The van der Waals surface area contributed by atoms with E-state index in [4.69, 9.17) is 0 Å². The van der Waals surface area contributed by atoms with E-state index in [-0.39, 0.29) is 0 Å². The molecule has 0 bridgehead atoms. The molecule has 0 saturated carbocycles. The number of hydrogen-bond acceptors (Lipinski definition) is 4. The molecular weight excluding hydrogens is 308 g/mol. The summed E-state index contributed by atoms with van der Waals surface area (Å²) in [5, 5.41) is 12.0. The van der Waals surface area contributed by atoms with Crippen molar-refractivity contribution in [2.24, 2.45) is 12.0 Å². The second kappa shape index (κ2) is 9.29. The van der Waals surface area contributed by atoms with E-state index in [0.717, 1.165) is 44.7 Å². The van der Waals surface area contributed by atoms with Crippen LogP contribution in [0.25, 0.3) is 0 Å². The van der Waals surface area contributed by atoms with Crippen molar-refractivity contribution in [3.05, 3.63) is 34.0 Å². The number of thiazole rings is 1. The number of hydrogen-bond donors (Lipinski definition) is 2. The van der Waals surface area contributed by atoms with Gasteiger partial charge >= 0.3 is 0 Å². The molecule has 23 heavy (non-hydrogen) atoms. The highest BCUT2D eigenvalue weighted by molar-refractivity contribution is 7.11. The topological polar surface area (TPSA) is 67.1 Å². The van der Waals surface area contributed by atoms with Crippen molar-refractivity contribution >= 4 is 17.3 Å². The van der Waals surface area contributed by atoms with Crippen LogP contribution in [0.2, 0.25) is 0 Å². The molecule has 0 saturated heterocycles. The Morgan fingerprint density at radius 2 is 2.09 bits per heavy atom. The normalized spacial score (nSPS) is 11.7. The van der Waals surface area contributed by atoms with E-state index in [1.165, 1.54) is 15.4 Å². The quantitative estimate of drug-likeness (QED) is 0.439. The third-order valence-electron chi connectivity index (χ3n) is 3.50. The molecule has 2 aromatic heterocycles. The van der Waals surface area contributed by atoms with Crippen molar-refractivity contribution in [1.82, 2.24) is 25.4 Å². The maximum absolute atomic E-state index is 4.43. The Morgan fingerprint density at radius 1 is 1.26 bits per heavy atom. The highest BCUT2D eigenvalue weighted by Crippen LogP contribution is 2.13. The van der Waals surface area contributed by atoms with Crippen LogP contribution in [-0.2, 0) is 26.3 Å². The fourth-order valence-electron chi connectivity index (χ4n) is 2.24. The minimum Gasteiger partial charge on any atom is -0.356 e. The van der Waals surface area contributed by atoms with Gasteiger partial charge < -0.3 is 10.6 Å². The van der Waals surface area contributed by atoms with Gasteiger partial charge in [-0.2, -0.15) is 5.10 Å². The Kier molecular flexibility index (Phi) is 7.06. The summed E-state index contributed by atoms with van der Waals surface area (Å²) in [5.74, 6) is 0.850. The molecule has 0 atom stereocenters.